The molecule has 0 aromatic carbocycles. The van der Waals surface area contributed by atoms with Gasteiger partial charge >= 0.3 is 0 Å². The van der Waals surface area contributed by atoms with Crippen LogP contribution in [0, 0.1) is 5.92 Å². The Morgan fingerprint density at radius 1 is 1.53 bits per heavy atom. The average Bonchev–Trinajstić information content (AvgIpc) is 2.62. The lowest BCUT2D eigenvalue weighted by atomic mass is 10.0. The molecule has 0 aromatic rings. The van der Waals surface area contributed by atoms with Crippen molar-refractivity contribution < 1.29 is 4.74 Å². The van der Waals surface area contributed by atoms with Crippen LogP contribution in [-0.2, 0) is 4.74 Å². The maximum atomic E-state index is 5.72. The molecular weight excluding hydrogens is 188 g/mol. The normalized spacial score (nSPS) is 28.2. The lowest BCUT2D eigenvalue weighted by Crippen LogP contribution is -2.38. The zero-order chi connectivity index (χ0) is 11.1. The highest BCUT2D eigenvalue weighted by Gasteiger charge is 2.28. The Labute approximate surface area is 93.8 Å². The van der Waals surface area contributed by atoms with Crippen molar-refractivity contribution in [3.63, 3.8) is 0 Å². The Morgan fingerprint density at radius 3 is 2.93 bits per heavy atom. The van der Waals surface area contributed by atoms with Crippen LogP contribution in [0.4, 0.5) is 0 Å². The van der Waals surface area contributed by atoms with Gasteiger partial charge in [-0.25, -0.2) is 0 Å². The van der Waals surface area contributed by atoms with Crippen LogP contribution in [-0.4, -0.2) is 31.8 Å². The molecule has 1 saturated heterocycles. The first-order valence-electron chi connectivity index (χ1n) is 6.21. The van der Waals surface area contributed by atoms with E-state index in [-0.39, 0.29) is 5.60 Å². The second kappa shape index (κ2) is 6.46. The maximum absolute atomic E-state index is 5.72. The van der Waals surface area contributed by atoms with E-state index in [1.165, 1.54) is 19.3 Å². The van der Waals surface area contributed by atoms with E-state index in [2.05, 4.69) is 19.2 Å². The molecule has 0 bridgehead atoms. The molecule has 1 fully saturated rings. The van der Waals surface area contributed by atoms with Crippen LogP contribution in [0.25, 0.3) is 0 Å². The quantitative estimate of drug-likeness (QED) is 0.675. The van der Waals surface area contributed by atoms with E-state index in [1.54, 1.807) is 0 Å². The van der Waals surface area contributed by atoms with E-state index < -0.39 is 0 Å². The van der Waals surface area contributed by atoms with Gasteiger partial charge in [-0.05, 0) is 51.6 Å². The summed E-state index contributed by atoms with van der Waals surface area (Å²) in [5, 5.41) is 3.51. The minimum Gasteiger partial charge on any atom is -0.374 e. The summed E-state index contributed by atoms with van der Waals surface area (Å²) in [6.45, 7) is 8.29. The van der Waals surface area contributed by atoms with E-state index in [4.69, 9.17) is 10.5 Å². The van der Waals surface area contributed by atoms with Crippen LogP contribution in [0.3, 0.4) is 0 Å². The summed E-state index contributed by atoms with van der Waals surface area (Å²) >= 11 is 0. The van der Waals surface area contributed by atoms with E-state index in [0.717, 1.165) is 38.6 Å². The highest BCUT2D eigenvalue weighted by Crippen LogP contribution is 2.23. The van der Waals surface area contributed by atoms with Crippen molar-refractivity contribution in [3.05, 3.63) is 0 Å². The molecule has 0 amide bonds. The first-order chi connectivity index (χ1) is 7.16. The molecule has 3 heteroatoms. The lowest BCUT2D eigenvalue weighted by Gasteiger charge is -2.24. The van der Waals surface area contributed by atoms with Crippen LogP contribution in [0.1, 0.15) is 39.5 Å². The van der Waals surface area contributed by atoms with Crippen molar-refractivity contribution >= 4 is 0 Å². The van der Waals surface area contributed by atoms with Crippen molar-refractivity contribution in [2.24, 2.45) is 11.7 Å². The fourth-order valence-electron chi connectivity index (χ4n) is 2.13. The highest BCUT2D eigenvalue weighted by atomic mass is 16.5. The van der Waals surface area contributed by atoms with Crippen LogP contribution in [0.2, 0.25) is 0 Å². The second-order valence-corrected chi connectivity index (χ2v) is 5.07. The molecule has 0 aliphatic carbocycles. The van der Waals surface area contributed by atoms with Gasteiger partial charge in [-0.2, -0.15) is 0 Å². The second-order valence-electron chi connectivity index (χ2n) is 5.07. The molecule has 90 valence electrons. The standard InChI is InChI=1S/C12H26N2O/c1-11(5-3-7-13)9-14-10-12(2)6-4-8-15-12/h11,14H,3-10,13H2,1-2H3. The minimum atomic E-state index is 0.0909. The summed E-state index contributed by atoms with van der Waals surface area (Å²) in [7, 11) is 0. The molecule has 15 heavy (non-hydrogen) atoms. The van der Waals surface area contributed by atoms with E-state index in [9.17, 15) is 0 Å². The van der Waals surface area contributed by atoms with Gasteiger partial charge in [0.1, 0.15) is 0 Å². The number of rotatable bonds is 7. The number of nitrogens with one attached hydrogen (secondary N) is 1. The smallest absolute Gasteiger partial charge is 0.0779 e. The van der Waals surface area contributed by atoms with Gasteiger partial charge in [0.2, 0.25) is 0 Å². The summed E-state index contributed by atoms with van der Waals surface area (Å²) < 4.78 is 5.72. The van der Waals surface area contributed by atoms with Gasteiger partial charge < -0.3 is 15.8 Å². The Hall–Kier alpha value is -0.120. The summed E-state index contributed by atoms with van der Waals surface area (Å²) in [6.07, 6.45) is 4.76. The van der Waals surface area contributed by atoms with Crippen molar-refractivity contribution in [2.45, 2.75) is 45.1 Å². The first kappa shape index (κ1) is 12.9. The molecule has 3 N–H and O–H groups in total. The van der Waals surface area contributed by atoms with Crippen LogP contribution < -0.4 is 11.1 Å². The van der Waals surface area contributed by atoms with Crippen LogP contribution in [0.15, 0.2) is 0 Å². The minimum absolute atomic E-state index is 0.0909. The monoisotopic (exact) mass is 214 g/mol. The third-order valence-electron chi connectivity index (χ3n) is 3.19. The number of nitrogens with two attached hydrogens (primary N) is 1. The third kappa shape index (κ3) is 4.96. The molecule has 0 radical (unpaired) electrons. The molecule has 0 saturated carbocycles. The van der Waals surface area contributed by atoms with Gasteiger partial charge in [0, 0.05) is 13.2 Å². The van der Waals surface area contributed by atoms with Crippen molar-refractivity contribution in [2.75, 3.05) is 26.2 Å². The molecule has 1 heterocycles. The van der Waals surface area contributed by atoms with Crippen LogP contribution in [0.5, 0.6) is 0 Å². The van der Waals surface area contributed by atoms with Gasteiger partial charge in [0.25, 0.3) is 0 Å². The summed E-state index contributed by atoms with van der Waals surface area (Å²) in [5.41, 5.74) is 5.58. The fraction of sp³-hybridized carbons (Fsp3) is 1.00. The highest BCUT2D eigenvalue weighted by molar-refractivity contribution is 4.82. The van der Waals surface area contributed by atoms with Crippen LogP contribution >= 0.6 is 0 Å². The Morgan fingerprint density at radius 2 is 2.33 bits per heavy atom. The van der Waals surface area contributed by atoms with Crippen molar-refractivity contribution in [1.29, 1.82) is 0 Å². The number of ether oxygens (including phenoxy) is 1. The SMILES string of the molecule is CC(CCCN)CNCC1(C)CCCO1. The number of hydrogen-bond acceptors (Lipinski definition) is 3. The molecule has 0 aromatic heterocycles. The molecule has 2 unspecified atom stereocenters. The largest absolute Gasteiger partial charge is 0.374 e. The van der Waals surface area contributed by atoms with Gasteiger partial charge in [-0.3, -0.25) is 0 Å². The molecule has 1 aliphatic heterocycles. The molecule has 1 aliphatic rings. The zero-order valence-corrected chi connectivity index (χ0v) is 10.2. The molecule has 0 spiro atoms. The first-order valence-corrected chi connectivity index (χ1v) is 6.21. The van der Waals surface area contributed by atoms with Crippen molar-refractivity contribution in [3.8, 4) is 0 Å². The molecule has 2 atom stereocenters. The third-order valence-corrected chi connectivity index (χ3v) is 3.19. The Bertz CT molecular complexity index is 167. The predicted octanol–water partition coefficient (Wildman–Crippen LogP) is 1.52. The zero-order valence-electron chi connectivity index (χ0n) is 10.2. The summed E-state index contributed by atoms with van der Waals surface area (Å²) in [6, 6.07) is 0. The number of hydrogen-bond donors (Lipinski definition) is 2. The van der Waals surface area contributed by atoms with E-state index in [0.29, 0.717) is 0 Å². The lowest BCUT2D eigenvalue weighted by molar-refractivity contribution is 0.0204. The Kier molecular flexibility index (Phi) is 5.58. The van der Waals surface area contributed by atoms with Crippen molar-refractivity contribution in [1.82, 2.24) is 5.32 Å². The van der Waals surface area contributed by atoms with E-state index >= 15 is 0 Å². The fourth-order valence-corrected chi connectivity index (χ4v) is 2.13. The molecule has 3 nitrogen and oxygen atoms in total. The molecule has 1 rings (SSSR count). The summed E-state index contributed by atoms with van der Waals surface area (Å²) in [4.78, 5) is 0. The average molecular weight is 214 g/mol. The van der Waals surface area contributed by atoms with Gasteiger partial charge in [-0.1, -0.05) is 6.92 Å². The maximum Gasteiger partial charge on any atom is 0.0779 e. The predicted molar refractivity (Wildman–Crippen MR) is 63.9 cm³/mol. The van der Waals surface area contributed by atoms with Gasteiger partial charge in [-0.15, -0.1) is 0 Å². The Balaban J connectivity index is 2.04. The molecular formula is C12H26N2O. The van der Waals surface area contributed by atoms with E-state index in [1.807, 2.05) is 0 Å². The summed E-state index contributed by atoms with van der Waals surface area (Å²) in [5.74, 6) is 0.721. The van der Waals surface area contributed by atoms with Gasteiger partial charge in [0.05, 0.1) is 5.60 Å². The topological polar surface area (TPSA) is 47.3 Å². The van der Waals surface area contributed by atoms with Gasteiger partial charge in [0.15, 0.2) is 0 Å².